The number of ether oxygens (including phenoxy) is 2. The van der Waals surface area contributed by atoms with Gasteiger partial charge in [0.05, 0.1) is 37.8 Å². The van der Waals surface area contributed by atoms with Crippen LogP contribution in [-0.4, -0.2) is 52.9 Å². The lowest BCUT2D eigenvalue weighted by Gasteiger charge is -2.43. The molecule has 0 N–H and O–H groups in total. The first kappa shape index (κ1) is 17.0. The van der Waals surface area contributed by atoms with Crippen LogP contribution in [0.15, 0.2) is 35.2 Å². The van der Waals surface area contributed by atoms with Crippen LogP contribution in [0.25, 0.3) is 0 Å². The second kappa shape index (κ2) is 7.07. The summed E-state index contributed by atoms with van der Waals surface area (Å²) in [5, 5.41) is 3.72. The number of aryl methyl sites for hydroxylation is 1. The van der Waals surface area contributed by atoms with Gasteiger partial charge in [0.2, 0.25) is 0 Å². The van der Waals surface area contributed by atoms with E-state index in [1.165, 1.54) is 6.20 Å². The molecule has 1 aliphatic heterocycles. The van der Waals surface area contributed by atoms with E-state index in [-0.39, 0.29) is 17.4 Å². The van der Waals surface area contributed by atoms with E-state index in [0.29, 0.717) is 37.6 Å². The first-order chi connectivity index (χ1) is 12.7. The minimum absolute atomic E-state index is 0.0368. The van der Waals surface area contributed by atoms with Crippen molar-refractivity contribution in [1.29, 1.82) is 0 Å². The third kappa shape index (κ3) is 3.19. The lowest BCUT2D eigenvalue weighted by atomic mass is 9.89. The van der Waals surface area contributed by atoms with Gasteiger partial charge in [-0.05, 0) is 38.3 Å². The fourth-order valence-corrected chi connectivity index (χ4v) is 4.03. The van der Waals surface area contributed by atoms with Crippen molar-refractivity contribution in [3.05, 3.63) is 42.0 Å². The Labute approximate surface area is 152 Å². The van der Waals surface area contributed by atoms with E-state index < -0.39 is 0 Å². The zero-order valence-electron chi connectivity index (χ0n) is 14.9. The van der Waals surface area contributed by atoms with Gasteiger partial charge in [0.15, 0.2) is 0 Å². The highest BCUT2D eigenvalue weighted by atomic mass is 16.5. The Morgan fingerprint density at radius 3 is 3.15 bits per heavy atom. The van der Waals surface area contributed by atoms with Crippen LogP contribution in [0.3, 0.4) is 0 Å². The summed E-state index contributed by atoms with van der Waals surface area (Å²) in [6, 6.07) is 3.76. The zero-order chi connectivity index (χ0) is 18.0. The van der Waals surface area contributed by atoms with Crippen LogP contribution in [0.4, 0.5) is 0 Å². The summed E-state index contributed by atoms with van der Waals surface area (Å²) in [6.45, 7) is 4.04. The molecule has 138 valence electrons. The van der Waals surface area contributed by atoms with E-state index in [1.54, 1.807) is 19.3 Å². The summed E-state index contributed by atoms with van der Waals surface area (Å²) in [4.78, 5) is 18.8. The molecule has 7 heteroatoms. The summed E-state index contributed by atoms with van der Waals surface area (Å²) in [5.41, 5.74) is 0.199. The predicted octanol–water partition coefficient (Wildman–Crippen LogP) is 2.47. The minimum Gasteiger partial charge on any atom is -0.492 e. The van der Waals surface area contributed by atoms with Crippen molar-refractivity contribution >= 4 is 5.91 Å². The quantitative estimate of drug-likeness (QED) is 0.836. The van der Waals surface area contributed by atoms with E-state index in [0.717, 1.165) is 25.0 Å². The second-order valence-corrected chi connectivity index (χ2v) is 7.02. The van der Waals surface area contributed by atoms with Crippen molar-refractivity contribution in [1.82, 2.24) is 15.0 Å². The second-order valence-electron chi connectivity index (χ2n) is 7.02. The summed E-state index contributed by atoms with van der Waals surface area (Å²) < 4.78 is 17.2. The topological polar surface area (TPSA) is 77.7 Å². The predicted molar refractivity (Wildman–Crippen MR) is 92.9 cm³/mol. The maximum Gasteiger partial charge on any atom is 0.259 e. The first-order valence-electron chi connectivity index (χ1n) is 9.05. The zero-order valence-corrected chi connectivity index (χ0v) is 14.9. The van der Waals surface area contributed by atoms with E-state index in [9.17, 15) is 4.79 Å². The SMILES string of the molecule is Cc1oncc1C(=O)N1CCO[C@]2(CCC[C@@H]2COc2cccnc2)C1. The van der Waals surface area contributed by atoms with Crippen molar-refractivity contribution in [2.45, 2.75) is 31.8 Å². The molecule has 2 fully saturated rings. The molecule has 2 aliphatic rings. The normalized spacial score (nSPS) is 25.6. The Morgan fingerprint density at radius 1 is 1.46 bits per heavy atom. The number of pyridine rings is 1. The molecule has 1 saturated carbocycles. The fourth-order valence-electron chi connectivity index (χ4n) is 4.03. The highest BCUT2D eigenvalue weighted by Gasteiger charge is 2.48. The molecule has 2 aromatic heterocycles. The number of nitrogens with zero attached hydrogens (tertiary/aromatic N) is 3. The van der Waals surface area contributed by atoms with E-state index >= 15 is 0 Å². The van der Waals surface area contributed by atoms with Gasteiger partial charge in [0, 0.05) is 18.7 Å². The third-order valence-corrected chi connectivity index (χ3v) is 5.46. The van der Waals surface area contributed by atoms with Crippen LogP contribution in [0.2, 0.25) is 0 Å². The van der Waals surface area contributed by atoms with Gasteiger partial charge in [-0.2, -0.15) is 0 Å². The molecule has 26 heavy (non-hydrogen) atoms. The van der Waals surface area contributed by atoms with Crippen LogP contribution >= 0.6 is 0 Å². The Morgan fingerprint density at radius 2 is 2.38 bits per heavy atom. The van der Waals surface area contributed by atoms with Gasteiger partial charge in [-0.15, -0.1) is 0 Å². The Bertz CT molecular complexity index is 763. The number of carbonyl (C=O) groups is 1. The van der Waals surface area contributed by atoms with Gasteiger partial charge in [0.1, 0.15) is 17.1 Å². The molecule has 7 nitrogen and oxygen atoms in total. The highest BCUT2D eigenvalue weighted by molar-refractivity contribution is 5.94. The van der Waals surface area contributed by atoms with Gasteiger partial charge in [-0.25, -0.2) is 0 Å². The van der Waals surface area contributed by atoms with E-state index in [1.807, 2.05) is 17.0 Å². The van der Waals surface area contributed by atoms with Crippen LogP contribution in [0.1, 0.15) is 35.4 Å². The van der Waals surface area contributed by atoms with Gasteiger partial charge in [-0.1, -0.05) is 5.16 Å². The number of hydrogen-bond acceptors (Lipinski definition) is 6. The highest BCUT2D eigenvalue weighted by Crippen LogP contribution is 2.41. The van der Waals surface area contributed by atoms with Crippen molar-refractivity contribution in [2.24, 2.45) is 5.92 Å². The van der Waals surface area contributed by atoms with Gasteiger partial charge < -0.3 is 18.9 Å². The molecule has 3 heterocycles. The van der Waals surface area contributed by atoms with Crippen LogP contribution in [0.5, 0.6) is 5.75 Å². The lowest BCUT2D eigenvalue weighted by Crippen LogP contribution is -2.56. The number of amides is 1. The van der Waals surface area contributed by atoms with Gasteiger partial charge in [0.25, 0.3) is 5.91 Å². The Hall–Kier alpha value is -2.41. The standard InChI is InChI=1S/C19H23N3O4/c1-14-17(11-21-26-14)18(23)22-8-9-25-19(13-22)6-2-4-15(19)12-24-16-5-3-7-20-10-16/h3,5,7,10-11,15H,2,4,6,8-9,12-13H2,1H3/t15-,19-/m1/s1. The molecule has 0 unspecified atom stereocenters. The summed E-state index contributed by atoms with van der Waals surface area (Å²) >= 11 is 0. The molecule has 0 aromatic carbocycles. The monoisotopic (exact) mass is 357 g/mol. The number of aromatic nitrogens is 2. The maximum atomic E-state index is 12.8. The number of rotatable bonds is 4. The molecule has 1 aliphatic carbocycles. The summed E-state index contributed by atoms with van der Waals surface area (Å²) in [5.74, 6) is 1.53. The molecule has 0 radical (unpaired) electrons. The van der Waals surface area contributed by atoms with Crippen molar-refractivity contribution in [2.75, 3.05) is 26.3 Å². The smallest absolute Gasteiger partial charge is 0.259 e. The molecule has 0 bridgehead atoms. The molecule has 1 amide bonds. The van der Waals surface area contributed by atoms with Crippen molar-refractivity contribution in [3.63, 3.8) is 0 Å². The molecular formula is C19H23N3O4. The van der Waals surface area contributed by atoms with Crippen LogP contribution in [-0.2, 0) is 4.74 Å². The molecule has 2 atom stereocenters. The fraction of sp³-hybridized carbons (Fsp3) is 0.526. The third-order valence-electron chi connectivity index (χ3n) is 5.46. The Kier molecular flexibility index (Phi) is 4.63. The van der Waals surface area contributed by atoms with Crippen LogP contribution < -0.4 is 4.74 Å². The first-order valence-corrected chi connectivity index (χ1v) is 9.05. The number of hydrogen-bond donors (Lipinski definition) is 0. The molecule has 1 saturated heterocycles. The molecule has 4 rings (SSSR count). The molecule has 1 spiro atoms. The maximum absolute atomic E-state index is 12.8. The van der Waals surface area contributed by atoms with Crippen LogP contribution in [0, 0.1) is 12.8 Å². The van der Waals surface area contributed by atoms with Gasteiger partial charge >= 0.3 is 0 Å². The molecular weight excluding hydrogens is 334 g/mol. The van der Waals surface area contributed by atoms with Gasteiger partial charge in [-0.3, -0.25) is 9.78 Å². The minimum atomic E-state index is -0.332. The Balaban J connectivity index is 1.46. The van der Waals surface area contributed by atoms with E-state index in [2.05, 4.69) is 10.1 Å². The number of carbonyl (C=O) groups excluding carboxylic acids is 1. The number of morpholine rings is 1. The molecule has 2 aromatic rings. The summed E-state index contributed by atoms with van der Waals surface area (Å²) in [6.07, 6.45) is 8.00. The summed E-state index contributed by atoms with van der Waals surface area (Å²) in [7, 11) is 0. The van der Waals surface area contributed by atoms with E-state index in [4.69, 9.17) is 14.0 Å². The van der Waals surface area contributed by atoms with Crippen molar-refractivity contribution < 1.29 is 18.8 Å². The largest absolute Gasteiger partial charge is 0.492 e. The van der Waals surface area contributed by atoms with Crippen molar-refractivity contribution in [3.8, 4) is 5.75 Å². The average molecular weight is 357 g/mol. The average Bonchev–Trinajstić information content (AvgIpc) is 3.26. The lowest BCUT2D eigenvalue weighted by molar-refractivity contribution is -0.126.